The Morgan fingerprint density at radius 3 is 2.47 bits per heavy atom. The molecular formula is C12H10ClN3O3. The number of nitrogens with one attached hydrogen (secondary N) is 2. The van der Waals surface area contributed by atoms with E-state index in [0.717, 1.165) is 6.07 Å². The van der Waals surface area contributed by atoms with Crippen LogP contribution in [0.1, 0.15) is 0 Å². The molecule has 0 unspecified atom stereocenters. The van der Waals surface area contributed by atoms with Crippen LogP contribution < -0.4 is 10.6 Å². The number of aromatic hydroxyl groups is 2. The van der Waals surface area contributed by atoms with E-state index in [1.165, 1.54) is 18.3 Å². The molecule has 1 heterocycles. The minimum atomic E-state index is -0.570. The van der Waals surface area contributed by atoms with E-state index >= 15 is 0 Å². The lowest BCUT2D eigenvalue weighted by Crippen LogP contribution is -2.19. The van der Waals surface area contributed by atoms with Crippen molar-refractivity contribution in [3.05, 3.63) is 41.7 Å². The van der Waals surface area contributed by atoms with Gasteiger partial charge >= 0.3 is 6.03 Å². The van der Waals surface area contributed by atoms with Crippen molar-refractivity contribution >= 4 is 29.0 Å². The molecule has 2 rings (SSSR count). The van der Waals surface area contributed by atoms with Crippen LogP contribution in [-0.2, 0) is 0 Å². The van der Waals surface area contributed by atoms with E-state index < -0.39 is 6.03 Å². The number of phenolic OH excluding ortho intramolecular Hbond substituents is 2. The van der Waals surface area contributed by atoms with Crippen LogP contribution in [0.3, 0.4) is 0 Å². The molecule has 0 fully saturated rings. The third-order valence-corrected chi connectivity index (χ3v) is 2.47. The first kappa shape index (κ1) is 13.0. The Labute approximate surface area is 113 Å². The van der Waals surface area contributed by atoms with Gasteiger partial charge in [-0.15, -0.1) is 0 Å². The van der Waals surface area contributed by atoms with Gasteiger partial charge in [0.1, 0.15) is 11.5 Å². The molecule has 2 amide bonds. The van der Waals surface area contributed by atoms with Gasteiger partial charge in [0.2, 0.25) is 0 Å². The Morgan fingerprint density at radius 2 is 1.84 bits per heavy atom. The summed E-state index contributed by atoms with van der Waals surface area (Å²) in [6.07, 6.45) is 1.50. The number of hydrogen-bond acceptors (Lipinski definition) is 4. The van der Waals surface area contributed by atoms with Crippen LogP contribution in [0, 0.1) is 0 Å². The Hall–Kier alpha value is -2.47. The number of carbonyl (C=O) groups is 1. The fraction of sp³-hybridized carbons (Fsp3) is 0. The Balaban J connectivity index is 2.07. The standard InChI is InChI=1S/C12H10ClN3O3/c13-11-10(2-1-3-14-11)16-12(19)15-7-4-8(17)6-9(18)5-7/h1-6,17-18H,(H2,15,16,19). The summed E-state index contributed by atoms with van der Waals surface area (Å²) in [7, 11) is 0. The van der Waals surface area contributed by atoms with E-state index in [9.17, 15) is 15.0 Å². The number of carbonyl (C=O) groups excluding carboxylic acids is 1. The van der Waals surface area contributed by atoms with Crippen LogP contribution in [0.2, 0.25) is 5.15 Å². The molecule has 19 heavy (non-hydrogen) atoms. The lowest BCUT2D eigenvalue weighted by Gasteiger charge is -2.09. The molecule has 98 valence electrons. The first-order valence-corrected chi connectivity index (χ1v) is 5.64. The average molecular weight is 280 g/mol. The van der Waals surface area contributed by atoms with Crippen molar-refractivity contribution in [2.75, 3.05) is 10.6 Å². The molecule has 4 N–H and O–H groups in total. The van der Waals surface area contributed by atoms with Gasteiger partial charge in [-0.2, -0.15) is 0 Å². The number of nitrogens with zero attached hydrogens (tertiary/aromatic N) is 1. The van der Waals surface area contributed by atoms with E-state index in [1.54, 1.807) is 12.1 Å². The molecule has 0 radical (unpaired) electrons. The van der Waals surface area contributed by atoms with E-state index in [1.807, 2.05) is 0 Å². The summed E-state index contributed by atoms with van der Waals surface area (Å²) >= 11 is 5.79. The van der Waals surface area contributed by atoms with E-state index in [4.69, 9.17) is 11.6 Å². The number of amides is 2. The second-order valence-electron chi connectivity index (χ2n) is 3.66. The topological polar surface area (TPSA) is 94.5 Å². The summed E-state index contributed by atoms with van der Waals surface area (Å²) in [4.78, 5) is 15.5. The molecule has 1 aromatic carbocycles. The number of hydrogen-bond donors (Lipinski definition) is 4. The van der Waals surface area contributed by atoms with E-state index in [-0.39, 0.29) is 22.3 Å². The van der Waals surface area contributed by atoms with Gasteiger partial charge in [0, 0.05) is 30.1 Å². The van der Waals surface area contributed by atoms with Crippen molar-refractivity contribution in [3.8, 4) is 11.5 Å². The molecule has 0 aliphatic heterocycles. The maximum Gasteiger partial charge on any atom is 0.323 e. The molecule has 6 nitrogen and oxygen atoms in total. The SMILES string of the molecule is O=C(Nc1cc(O)cc(O)c1)Nc1cccnc1Cl. The molecule has 0 bridgehead atoms. The van der Waals surface area contributed by atoms with Gasteiger partial charge in [0.05, 0.1) is 5.69 Å². The third kappa shape index (κ3) is 3.49. The lowest BCUT2D eigenvalue weighted by molar-refractivity contribution is 0.262. The quantitative estimate of drug-likeness (QED) is 0.636. The van der Waals surface area contributed by atoms with E-state index in [0.29, 0.717) is 5.69 Å². The van der Waals surface area contributed by atoms with Gasteiger partial charge < -0.3 is 20.8 Å². The van der Waals surface area contributed by atoms with Crippen LogP contribution >= 0.6 is 11.6 Å². The minimum Gasteiger partial charge on any atom is -0.508 e. The van der Waals surface area contributed by atoms with Crippen LogP contribution in [0.4, 0.5) is 16.2 Å². The molecule has 0 spiro atoms. The Kier molecular flexibility index (Phi) is 3.72. The highest BCUT2D eigenvalue weighted by molar-refractivity contribution is 6.32. The number of phenols is 2. The highest BCUT2D eigenvalue weighted by atomic mass is 35.5. The highest BCUT2D eigenvalue weighted by Gasteiger charge is 2.07. The average Bonchev–Trinajstić information content (AvgIpc) is 2.30. The van der Waals surface area contributed by atoms with Crippen LogP contribution in [-0.4, -0.2) is 21.2 Å². The number of halogens is 1. The van der Waals surface area contributed by atoms with Gasteiger partial charge in [0.15, 0.2) is 5.15 Å². The minimum absolute atomic E-state index is 0.158. The zero-order valence-corrected chi connectivity index (χ0v) is 10.3. The van der Waals surface area contributed by atoms with Crippen LogP contribution in [0.5, 0.6) is 11.5 Å². The number of aromatic nitrogens is 1. The number of rotatable bonds is 2. The van der Waals surface area contributed by atoms with E-state index in [2.05, 4.69) is 15.6 Å². The maximum atomic E-state index is 11.7. The van der Waals surface area contributed by atoms with Crippen molar-refractivity contribution in [2.24, 2.45) is 0 Å². The summed E-state index contributed by atoms with van der Waals surface area (Å²) < 4.78 is 0. The van der Waals surface area contributed by atoms with Gasteiger partial charge in [-0.05, 0) is 12.1 Å². The van der Waals surface area contributed by atoms with Gasteiger partial charge in [-0.25, -0.2) is 9.78 Å². The van der Waals surface area contributed by atoms with Gasteiger partial charge in [-0.1, -0.05) is 11.6 Å². The Bertz CT molecular complexity index is 599. The first-order chi connectivity index (χ1) is 9.04. The Morgan fingerprint density at radius 1 is 1.16 bits per heavy atom. The second-order valence-corrected chi connectivity index (χ2v) is 4.02. The molecular weight excluding hydrogens is 270 g/mol. The largest absolute Gasteiger partial charge is 0.508 e. The molecule has 7 heteroatoms. The first-order valence-electron chi connectivity index (χ1n) is 5.26. The molecule has 0 aliphatic rings. The molecule has 0 atom stereocenters. The van der Waals surface area contributed by atoms with Crippen molar-refractivity contribution in [1.82, 2.24) is 4.98 Å². The van der Waals surface area contributed by atoms with Crippen LogP contribution in [0.25, 0.3) is 0 Å². The van der Waals surface area contributed by atoms with Crippen molar-refractivity contribution in [2.45, 2.75) is 0 Å². The van der Waals surface area contributed by atoms with Gasteiger partial charge in [-0.3, -0.25) is 0 Å². The highest BCUT2D eigenvalue weighted by Crippen LogP contribution is 2.24. The normalized spacial score (nSPS) is 9.95. The number of urea groups is 1. The zero-order valence-electron chi connectivity index (χ0n) is 9.59. The van der Waals surface area contributed by atoms with Crippen LogP contribution in [0.15, 0.2) is 36.5 Å². The maximum absolute atomic E-state index is 11.7. The summed E-state index contributed by atoms with van der Waals surface area (Å²) in [5.74, 6) is -0.315. The second kappa shape index (κ2) is 5.45. The monoisotopic (exact) mass is 279 g/mol. The number of anilines is 2. The lowest BCUT2D eigenvalue weighted by atomic mass is 10.3. The predicted molar refractivity (Wildman–Crippen MR) is 71.7 cm³/mol. The smallest absolute Gasteiger partial charge is 0.323 e. The van der Waals surface area contributed by atoms with Crippen molar-refractivity contribution in [1.29, 1.82) is 0 Å². The number of pyridine rings is 1. The fourth-order valence-corrected chi connectivity index (χ4v) is 1.60. The summed E-state index contributed by atoms with van der Waals surface area (Å²) in [5.41, 5.74) is 0.598. The molecule has 0 saturated carbocycles. The summed E-state index contributed by atoms with van der Waals surface area (Å²) in [5, 5.41) is 23.7. The predicted octanol–water partition coefficient (Wildman–Crippen LogP) is 2.79. The molecule has 2 aromatic rings. The molecule has 0 saturated heterocycles. The summed E-state index contributed by atoms with van der Waals surface area (Å²) in [6, 6.07) is 6.39. The fourth-order valence-electron chi connectivity index (χ4n) is 1.43. The molecule has 1 aromatic heterocycles. The summed E-state index contributed by atoms with van der Waals surface area (Å²) in [6.45, 7) is 0. The molecule has 0 aliphatic carbocycles. The van der Waals surface area contributed by atoms with Crippen molar-refractivity contribution in [3.63, 3.8) is 0 Å². The number of benzene rings is 1. The van der Waals surface area contributed by atoms with Crippen molar-refractivity contribution < 1.29 is 15.0 Å². The zero-order chi connectivity index (χ0) is 13.8. The third-order valence-electron chi connectivity index (χ3n) is 2.17. The van der Waals surface area contributed by atoms with Gasteiger partial charge in [0.25, 0.3) is 0 Å².